The van der Waals surface area contributed by atoms with Crippen LogP contribution in [-0.4, -0.2) is 91.1 Å². The number of esters is 1. The summed E-state index contributed by atoms with van der Waals surface area (Å²) in [6, 6.07) is 0. The Morgan fingerprint density at radius 1 is 0.857 bits per heavy atom. The fourth-order valence-corrected chi connectivity index (χ4v) is 8.79. The Kier molecular flexibility index (Phi) is 17.3. The van der Waals surface area contributed by atoms with Crippen molar-refractivity contribution in [1.82, 2.24) is 0 Å². The first-order valence-corrected chi connectivity index (χ1v) is 20.9. The van der Waals surface area contributed by atoms with Gasteiger partial charge in [-0.2, -0.15) is 0 Å². The van der Waals surface area contributed by atoms with Gasteiger partial charge >= 0.3 is 5.97 Å². The molecular formula is C45H72O11. The van der Waals surface area contributed by atoms with Crippen molar-refractivity contribution >= 4 is 17.5 Å². The van der Waals surface area contributed by atoms with E-state index in [1.807, 2.05) is 32.1 Å². The van der Waals surface area contributed by atoms with Gasteiger partial charge in [-0.1, -0.05) is 92.7 Å². The van der Waals surface area contributed by atoms with Crippen LogP contribution in [0.3, 0.4) is 0 Å². The zero-order chi connectivity index (χ0) is 42.3. The number of ketones is 2. The summed E-state index contributed by atoms with van der Waals surface area (Å²) in [7, 11) is 0. The summed E-state index contributed by atoms with van der Waals surface area (Å²) in [6.45, 7) is 18.9. The zero-order valence-corrected chi connectivity index (χ0v) is 35.6. The molecule has 11 nitrogen and oxygen atoms in total. The molecule has 3 aliphatic rings. The molecule has 1 spiro atoms. The van der Waals surface area contributed by atoms with Crippen molar-refractivity contribution in [2.24, 2.45) is 53.3 Å². The van der Waals surface area contributed by atoms with Crippen molar-refractivity contribution in [3.05, 3.63) is 48.3 Å². The molecule has 3 heterocycles. The molecule has 17 atom stereocenters. The van der Waals surface area contributed by atoms with Crippen LogP contribution in [0, 0.1) is 53.3 Å². The number of aliphatic hydroxyl groups is 5. The number of hydrogen-bond donors (Lipinski definition) is 5. The first-order valence-electron chi connectivity index (χ1n) is 20.9. The molecule has 0 amide bonds. The van der Waals surface area contributed by atoms with Crippen LogP contribution in [0.15, 0.2) is 48.3 Å². The summed E-state index contributed by atoms with van der Waals surface area (Å²) in [4.78, 5) is 40.5. The molecule has 318 valence electrons. The van der Waals surface area contributed by atoms with Gasteiger partial charge in [0.05, 0.1) is 36.3 Å². The second-order valence-electron chi connectivity index (χ2n) is 17.6. The van der Waals surface area contributed by atoms with Gasteiger partial charge in [0.1, 0.15) is 17.5 Å². The monoisotopic (exact) mass is 789 g/mol. The van der Waals surface area contributed by atoms with Crippen molar-refractivity contribution < 1.29 is 54.1 Å². The third-order valence-electron chi connectivity index (χ3n) is 13.2. The number of carbonyl (C=O) groups excluding carboxylic acids is 3. The predicted molar refractivity (Wildman–Crippen MR) is 215 cm³/mol. The van der Waals surface area contributed by atoms with Crippen LogP contribution in [0.2, 0.25) is 0 Å². The van der Waals surface area contributed by atoms with Gasteiger partial charge in [0.25, 0.3) is 0 Å². The normalized spacial score (nSPS) is 46.5. The molecule has 3 aliphatic heterocycles. The Morgan fingerprint density at radius 2 is 1.50 bits per heavy atom. The highest BCUT2D eigenvalue weighted by atomic mass is 16.7. The lowest BCUT2D eigenvalue weighted by Crippen LogP contribution is -2.62. The standard InChI is InChI=1S/C45H72O11/c1-12-34-17-15-13-14-16-27(4)42(51)44(11,53)43(52)32(9)40(50)31(8)39(49)30(7)38(48)26(3)18-21-37(47)54-41-29(6)35(20-19-34)55-45(33(41)10)23-22-25(2)36(56-45)24-28(5)46/h13-15,17-18,21,24-27,29-36,38,40-42,46,48,50-51,53H,12,16,19-20,22-23H2,1-11H3/b14-13+,17-15+,21-18+,28-24-/t25-,26-,27+,29+,30-,31-,32-,33-,34-,35-,36-,38+,40+,41+,42-,44+,45-/m1/s1. The summed E-state index contributed by atoms with van der Waals surface area (Å²) in [5, 5.41) is 54.9. The summed E-state index contributed by atoms with van der Waals surface area (Å²) < 4.78 is 19.9. The molecule has 5 N–H and O–H groups in total. The number of aliphatic hydroxyl groups excluding tert-OH is 4. The lowest BCUT2D eigenvalue weighted by atomic mass is 9.75. The minimum Gasteiger partial charge on any atom is -0.513 e. The lowest BCUT2D eigenvalue weighted by Gasteiger charge is -2.55. The summed E-state index contributed by atoms with van der Waals surface area (Å²) in [5.41, 5.74) is -2.19. The van der Waals surface area contributed by atoms with Crippen LogP contribution < -0.4 is 0 Å². The Hall–Kier alpha value is -2.67. The molecule has 2 bridgehead atoms. The predicted octanol–water partition coefficient (Wildman–Crippen LogP) is 6.57. The highest BCUT2D eigenvalue weighted by Crippen LogP contribution is 2.48. The van der Waals surface area contributed by atoms with Crippen molar-refractivity contribution in [3.8, 4) is 0 Å². The van der Waals surface area contributed by atoms with E-state index in [4.69, 9.17) is 14.2 Å². The van der Waals surface area contributed by atoms with Gasteiger partial charge < -0.3 is 39.7 Å². The maximum absolute atomic E-state index is 13.5. The molecule has 0 saturated carbocycles. The van der Waals surface area contributed by atoms with Crippen molar-refractivity contribution in [3.63, 3.8) is 0 Å². The van der Waals surface area contributed by atoms with E-state index in [2.05, 4.69) is 19.9 Å². The average Bonchev–Trinajstić information content (AvgIpc) is 3.16. The molecular weight excluding hydrogens is 716 g/mol. The van der Waals surface area contributed by atoms with Crippen LogP contribution in [0.1, 0.15) is 115 Å². The SMILES string of the molecule is CC[C@@H]1/C=C/C=C/C[C@H](C)[C@@H](O)[C@](C)(O)C(=O)[C@H](C)[C@@H](O)[C@H](C)C(=O)[C@H](C)[C@@H](O)[C@H](C)/C=C/C(=O)O[C@H]2[C@@H](C)[C@@H](CC1)O[C@@]1(CC[C@@H](C)[C@@H](/C=C(/C)O)O1)[C@@H]2C. The van der Waals surface area contributed by atoms with E-state index in [1.165, 1.54) is 39.8 Å². The average molecular weight is 789 g/mol. The van der Waals surface area contributed by atoms with Gasteiger partial charge in [-0.3, -0.25) is 9.59 Å². The van der Waals surface area contributed by atoms with Crippen LogP contribution >= 0.6 is 0 Å². The Labute approximate surface area is 335 Å². The highest BCUT2D eigenvalue weighted by molar-refractivity contribution is 5.91. The summed E-state index contributed by atoms with van der Waals surface area (Å²) >= 11 is 0. The minimum atomic E-state index is -2.19. The topological polar surface area (TPSA) is 180 Å². The Balaban J connectivity index is 2.00. The van der Waals surface area contributed by atoms with E-state index in [-0.39, 0.29) is 41.6 Å². The molecule has 0 radical (unpaired) electrons. The van der Waals surface area contributed by atoms with Gasteiger partial charge in [0.2, 0.25) is 0 Å². The van der Waals surface area contributed by atoms with Crippen LogP contribution in [0.5, 0.6) is 0 Å². The largest absolute Gasteiger partial charge is 0.513 e. The fraction of sp³-hybridized carbons (Fsp3) is 0.756. The zero-order valence-electron chi connectivity index (χ0n) is 35.6. The highest BCUT2D eigenvalue weighted by Gasteiger charge is 2.56. The number of rotatable bonds is 2. The first-order chi connectivity index (χ1) is 26.1. The summed E-state index contributed by atoms with van der Waals surface area (Å²) in [6.07, 6.45) is 11.0. The second kappa shape index (κ2) is 20.3. The quantitative estimate of drug-likeness (QED) is 0.151. The van der Waals surface area contributed by atoms with E-state index >= 15 is 0 Å². The molecule has 0 aromatic heterocycles. The van der Waals surface area contributed by atoms with E-state index in [9.17, 15) is 39.9 Å². The molecule has 11 heteroatoms. The molecule has 0 aromatic carbocycles. The van der Waals surface area contributed by atoms with Gasteiger partial charge in [0, 0.05) is 48.0 Å². The number of hydrogen-bond acceptors (Lipinski definition) is 11. The van der Waals surface area contributed by atoms with Crippen LogP contribution in [0.25, 0.3) is 0 Å². The number of ether oxygens (including phenoxy) is 3. The Morgan fingerprint density at radius 3 is 2.12 bits per heavy atom. The van der Waals surface area contributed by atoms with E-state index in [1.54, 1.807) is 26.8 Å². The van der Waals surface area contributed by atoms with E-state index < -0.39 is 82.9 Å². The minimum absolute atomic E-state index is 0.143. The van der Waals surface area contributed by atoms with Gasteiger partial charge in [0.15, 0.2) is 11.6 Å². The smallest absolute Gasteiger partial charge is 0.330 e. The number of carbonyl (C=O) groups is 3. The molecule has 0 unspecified atom stereocenters. The molecule has 2 saturated heterocycles. The van der Waals surface area contributed by atoms with Crippen LogP contribution in [0.4, 0.5) is 0 Å². The number of fused-ring (bicyclic) bond motifs is 2. The lowest BCUT2D eigenvalue weighted by molar-refractivity contribution is -0.364. The third-order valence-corrected chi connectivity index (χ3v) is 13.2. The molecule has 2 fully saturated rings. The van der Waals surface area contributed by atoms with Crippen LogP contribution in [-0.2, 0) is 28.6 Å². The van der Waals surface area contributed by atoms with Gasteiger partial charge in [-0.15, -0.1) is 0 Å². The Bertz CT molecular complexity index is 1440. The van der Waals surface area contributed by atoms with Crippen molar-refractivity contribution in [1.29, 1.82) is 0 Å². The molecule has 0 aliphatic carbocycles. The molecule has 0 aromatic rings. The fourth-order valence-electron chi connectivity index (χ4n) is 8.79. The molecule has 3 rings (SSSR count). The van der Waals surface area contributed by atoms with Crippen molar-refractivity contribution in [2.75, 3.05) is 0 Å². The second-order valence-corrected chi connectivity index (χ2v) is 17.6. The maximum Gasteiger partial charge on any atom is 0.330 e. The summed E-state index contributed by atoms with van der Waals surface area (Å²) in [5.74, 6) is -7.34. The number of allylic oxidation sites excluding steroid dienone is 5. The van der Waals surface area contributed by atoms with E-state index in [0.29, 0.717) is 19.3 Å². The van der Waals surface area contributed by atoms with Crippen molar-refractivity contribution in [2.45, 2.75) is 163 Å². The van der Waals surface area contributed by atoms with Gasteiger partial charge in [-0.25, -0.2) is 4.79 Å². The molecule has 56 heavy (non-hydrogen) atoms. The van der Waals surface area contributed by atoms with Gasteiger partial charge in [-0.05, 0) is 69.8 Å². The number of Topliss-reactive ketones (excluding diaryl/α,β-unsaturated/α-hetero) is 2. The first kappa shape index (κ1) is 47.7. The maximum atomic E-state index is 13.5. The van der Waals surface area contributed by atoms with E-state index in [0.717, 1.165) is 19.3 Å². The third kappa shape index (κ3) is 11.3.